The Labute approximate surface area is 131 Å². The smallest absolute Gasteiger partial charge is 0.229 e. The Balaban J connectivity index is 2.09. The molecule has 1 atom stereocenters. The second kappa shape index (κ2) is 6.85. The van der Waals surface area contributed by atoms with Gasteiger partial charge >= 0.3 is 0 Å². The van der Waals surface area contributed by atoms with Crippen molar-refractivity contribution < 1.29 is 18.7 Å². The molecule has 1 amide bonds. The molecule has 2 aromatic carbocycles. The molecule has 0 aromatic heterocycles. The van der Waals surface area contributed by atoms with Gasteiger partial charge in [0.25, 0.3) is 0 Å². The zero-order valence-electron chi connectivity index (χ0n) is 11.8. The summed E-state index contributed by atoms with van der Waals surface area (Å²) < 4.78 is 26.2. The van der Waals surface area contributed by atoms with Crippen molar-refractivity contribution in [3.05, 3.63) is 64.7 Å². The van der Waals surface area contributed by atoms with Crippen LogP contribution in [0, 0.1) is 11.6 Å². The Morgan fingerprint density at radius 3 is 2.64 bits per heavy atom. The third-order valence-electron chi connectivity index (χ3n) is 3.27. The van der Waals surface area contributed by atoms with Gasteiger partial charge in [-0.25, -0.2) is 8.78 Å². The summed E-state index contributed by atoms with van der Waals surface area (Å²) >= 11 is 5.68. The number of hydrogen-bond acceptors (Lipinski definition) is 2. The number of aliphatic hydroxyl groups is 1. The van der Waals surface area contributed by atoms with E-state index in [0.29, 0.717) is 11.3 Å². The number of anilines is 1. The van der Waals surface area contributed by atoms with Crippen LogP contribution in [0.3, 0.4) is 0 Å². The van der Waals surface area contributed by atoms with E-state index in [9.17, 15) is 18.7 Å². The van der Waals surface area contributed by atoms with E-state index in [1.54, 1.807) is 0 Å². The van der Waals surface area contributed by atoms with Gasteiger partial charge < -0.3 is 10.0 Å². The number of halogens is 3. The Hall–Kier alpha value is -1.98. The fourth-order valence-electron chi connectivity index (χ4n) is 1.97. The molecule has 116 valence electrons. The van der Waals surface area contributed by atoms with Crippen LogP contribution >= 0.6 is 11.6 Å². The molecular weight excluding hydrogens is 312 g/mol. The number of aliphatic hydroxyl groups excluding tert-OH is 1. The van der Waals surface area contributed by atoms with Crippen molar-refractivity contribution in [1.82, 2.24) is 0 Å². The zero-order chi connectivity index (χ0) is 16.3. The summed E-state index contributed by atoms with van der Waals surface area (Å²) in [6.45, 7) is 0. The van der Waals surface area contributed by atoms with E-state index in [-0.39, 0.29) is 11.4 Å². The van der Waals surface area contributed by atoms with Gasteiger partial charge in [-0.1, -0.05) is 23.7 Å². The number of hydrogen-bond donors (Lipinski definition) is 1. The first-order valence-corrected chi connectivity index (χ1v) is 6.91. The number of carbonyl (C=O) groups is 1. The van der Waals surface area contributed by atoms with Gasteiger partial charge in [-0.2, -0.15) is 0 Å². The first-order valence-electron chi connectivity index (χ1n) is 6.53. The van der Waals surface area contributed by atoms with E-state index >= 15 is 0 Å². The van der Waals surface area contributed by atoms with Gasteiger partial charge in [0, 0.05) is 12.7 Å². The molecule has 6 heteroatoms. The second-order valence-corrected chi connectivity index (χ2v) is 5.23. The summed E-state index contributed by atoms with van der Waals surface area (Å²) in [6.07, 6.45) is -1.35. The van der Waals surface area contributed by atoms with Crippen molar-refractivity contribution in [3.63, 3.8) is 0 Å². The molecule has 0 aliphatic carbocycles. The lowest BCUT2D eigenvalue weighted by molar-refractivity contribution is -0.120. The van der Waals surface area contributed by atoms with E-state index in [2.05, 4.69) is 0 Å². The van der Waals surface area contributed by atoms with Gasteiger partial charge in [0.2, 0.25) is 5.91 Å². The molecule has 1 unspecified atom stereocenters. The van der Waals surface area contributed by atoms with Crippen LogP contribution in [0.1, 0.15) is 18.1 Å². The summed E-state index contributed by atoms with van der Waals surface area (Å²) in [4.78, 5) is 13.4. The molecule has 2 aromatic rings. The normalized spacial score (nSPS) is 12.0. The molecule has 1 N–H and O–H groups in total. The van der Waals surface area contributed by atoms with Gasteiger partial charge in [0.15, 0.2) is 0 Å². The van der Waals surface area contributed by atoms with E-state index in [1.165, 1.54) is 48.3 Å². The van der Waals surface area contributed by atoms with Crippen LogP contribution in [0.25, 0.3) is 0 Å². The minimum Gasteiger partial charge on any atom is -0.388 e. The molecule has 0 aliphatic rings. The monoisotopic (exact) mass is 325 g/mol. The van der Waals surface area contributed by atoms with E-state index in [0.717, 1.165) is 6.07 Å². The molecule has 22 heavy (non-hydrogen) atoms. The van der Waals surface area contributed by atoms with Gasteiger partial charge in [-0.05, 0) is 35.9 Å². The number of nitrogens with zero attached hydrogens (tertiary/aromatic N) is 1. The van der Waals surface area contributed by atoms with Gasteiger partial charge in [0.1, 0.15) is 11.6 Å². The predicted octanol–water partition coefficient (Wildman–Crippen LogP) is 3.70. The highest BCUT2D eigenvalue weighted by Crippen LogP contribution is 2.24. The number of benzene rings is 2. The minimum absolute atomic E-state index is 0.0946. The summed E-state index contributed by atoms with van der Waals surface area (Å²) in [7, 11) is 1.49. The van der Waals surface area contributed by atoms with Crippen molar-refractivity contribution >= 4 is 23.2 Å². The minimum atomic E-state index is -1.12. The summed E-state index contributed by atoms with van der Waals surface area (Å²) in [5.41, 5.74) is 0.724. The van der Waals surface area contributed by atoms with Crippen LogP contribution in [0.2, 0.25) is 5.02 Å². The number of carbonyl (C=O) groups excluding carboxylic acids is 1. The SMILES string of the molecule is CN(C(=O)CC(O)c1cccc(F)c1)c1ccc(F)c(Cl)c1. The molecule has 0 aliphatic heterocycles. The van der Waals surface area contributed by atoms with Crippen LogP contribution in [0.4, 0.5) is 14.5 Å². The Morgan fingerprint density at radius 2 is 2.00 bits per heavy atom. The van der Waals surface area contributed by atoms with Gasteiger partial charge in [-0.15, -0.1) is 0 Å². The molecule has 0 bridgehead atoms. The maximum atomic E-state index is 13.1. The van der Waals surface area contributed by atoms with Crippen molar-refractivity contribution in [3.8, 4) is 0 Å². The predicted molar refractivity (Wildman–Crippen MR) is 80.8 cm³/mol. The Morgan fingerprint density at radius 1 is 1.27 bits per heavy atom. The fraction of sp³-hybridized carbons (Fsp3) is 0.188. The number of rotatable bonds is 4. The van der Waals surface area contributed by atoms with Crippen LogP contribution < -0.4 is 4.90 Å². The highest BCUT2D eigenvalue weighted by Gasteiger charge is 2.18. The summed E-state index contributed by atoms with van der Waals surface area (Å²) in [5, 5.41) is 9.92. The summed E-state index contributed by atoms with van der Waals surface area (Å²) in [6, 6.07) is 9.32. The molecule has 0 fully saturated rings. The molecule has 0 heterocycles. The van der Waals surface area contributed by atoms with Crippen molar-refractivity contribution in [2.75, 3.05) is 11.9 Å². The lowest BCUT2D eigenvalue weighted by Gasteiger charge is -2.20. The molecule has 3 nitrogen and oxygen atoms in total. The number of amides is 1. The lowest BCUT2D eigenvalue weighted by Crippen LogP contribution is -2.27. The highest BCUT2D eigenvalue weighted by molar-refractivity contribution is 6.31. The molecule has 2 rings (SSSR count). The average Bonchev–Trinajstić information content (AvgIpc) is 2.49. The van der Waals surface area contributed by atoms with Crippen LogP contribution in [0.15, 0.2) is 42.5 Å². The molecule has 0 radical (unpaired) electrons. The maximum absolute atomic E-state index is 13.1. The Kier molecular flexibility index (Phi) is 5.11. The highest BCUT2D eigenvalue weighted by atomic mass is 35.5. The second-order valence-electron chi connectivity index (χ2n) is 4.83. The zero-order valence-corrected chi connectivity index (χ0v) is 12.5. The van der Waals surface area contributed by atoms with Gasteiger partial charge in [-0.3, -0.25) is 4.79 Å². The molecule has 0 saturated carbocycles. The third-order valence-corrected chi connectivity index (χ3v) is 3.56. The van der Waals surface area contributed by atoms with Gasteiger partial charge in [0.05, 0.1) is 17.5 Å². The van der Waals surface area contributed by atoms with E-state index in [1.807, 2.05) is 0 Å². The van der Waals surface area contributed by atoms with Crippen molar-refractivity contribution in [2.24, 2.45) is 0 Å². The van der Waals surface area contributed by atoms with E-state index < -0.39 is 23.6 Å². The Bertz CT molecular complexity index is 694. The first-order chi connectivity index (χ1) is 10.4. The van der Waals surface area contributed by atoms with Crippen LogP contribution in [-0.2, 0) is 4.79 Å². The van der Waals surface area contributed by atoms with Crippen LogP contribution in [-0.4, -0.2) is 18.1 Å². The molecular formula is C16H14ClF2NO2. The van der Waals surface area contributed by atoms with Crippen LogP contribution in [0.5, 0.6) is 0 Å². The maximum Gasteiger partial charge on any atom is 0.229 e. The quantitative estimate of drug-likeness (QED) is 0.931. The standard InChI is InChI=1S/C16H14ClF2NO2/c1-20(12-5-6-14(19)13(17)8-12)16(22)9-15(21)10-3-2-4-11(18)7-10/h2-8,15,21H,9H2,1H3. The first kappa shape index (κ1) is 16.4. The lowest BCUT2D eigenvalue weighted by atomic mass is 10.1. The average molecular weight is 326 g/mol. The molecule has 0 spiro atoms. The third kappa shape index (κ3) is 3.81. The fourth-order valence-corrected chi connectivity index (χ4v) is 2.15. The molecule has 0 saturated heterocycles. The van der Waals surface area contributed by atoms with Crippen molar-refractivity contribution in [1.29, 1.82) is 0 Å². The topological polar surface area (TPSA) is 40.5 Å². The van der Waals surface area contributed by atoms with Crippen molar-refractivity contribution in [2.45, 2.75) is 12.5 Å². The largest absolute Gasteiger partial charge is 0.388 e. The van der Waals surface area contributed by atoms with E-state index in [4.69, 9.17) is 11.6 Å². The summed E-state index contributed by atoms with van der Waals surface area (Å²) in [5.74, 6) is -1.46.